The Morgan fingerprint density at radius 3 is 2.53 bits per heavy atom. The van der Waals surface area contributed by atoms with Crippen LogP contribution in [0, 0.1) is 0 Å². The van der Waals surface area contributed by atoms with Crippen molar-refractivity contribution in [2.24, 2.45) is 4.99 Å². The van der Waals surface area contributed by atoms with Gasteiger partial charge in [0, 0.05) is 18.5 Å². The minimum absolute atomic E-state index is 0.173. The molecule has 0 radical (unpaired) electrons. The largest absolute Gasteiger partial charge is 0.494 e. The second-order valence-corrected chi connectivity index (χ2v) is 7.76. The molecule has 0 saturated carbocycles. The lowest BCUT2D eigenvalue weighted by Crippen LogP contribution is -2.36. The van der Waals surface area contributed by atoms with Crippen molar-refractivity contribution in [2.45, 2.75) is 32.6 Å². The Bertz CT molecular complexity index is 790. The number of hydrogen-bond donors (Lipinski definition) is 2. The molecule has 0 fully saturated rings. The maximum absolute atomic E-state index is 12.7. The van der Waals surface area contributed by atoms with E-state index >= 15 is 0 Å². The minimum Gasteiger partial charge on any atom is -0.494 e. The van der Waals surface area contributed by atoms with Crippen LogP contribution in [0.1, 0.15) is 29.6 Å². The molecular formula is C20H28F3N5OS. The fourth-order valence-corrected chi connectivity index (χ4v) is 3.20. The summed E-state index contributed by atoms with van der Waals surface area (Å²) in [5.41, 5.74) is 0.136. The van der Waals surface area contributed by atoms with Gasteiger partial charge in [-0.1, -0.05) is 12.1 Å². The third kappa shape index (κ3) is 8.58. The Kier molecular flexibility index (Phi) is 9.38. The molecule has 2 N–H and O–H groups in total. The van der Waals surface area contributed by atoms with Crippen LogP contribution >= 0.6 is 11.3 Å². The minimum atomic E-state index is -4.42. The predicted octanol–water partition coefficient (Wildman–Crippen LogP) is 3.75. The van der Waals surface area contributed by atoms with E-state index in [4.69, 9.17) is 4.74 Å². The van der Waals surface area contributed by atoms with Crippen molar-refractivity contribution in [3.05, 3.63) is 45.9 Å². The molecular weight excluding hydrogens is 415 g/mol. The molecule has 0 unspecified atom stereocenters. The van der Waals surface area contributed by atoms with E-state index in [2.05, 4.69) is 25.5 Å². The van der Waals surface area contributed by atoms with E-state index in [0.29, 0.717) is 30.7 Å². The van der Waals surface area contributed by atoms with Crippen LogP contribution in [-0.4, -0.2) is 49.6 Å². The van der Waals surface area contributed by atoms with Gasteiger partial charge in [-0.2, -0.15) is 13.2 Å². The molecule has 6 nitrogen and oxygen atoms in total. The first-order valence-electron chi connectivity index (χ1n) is 9.68. The van der Waals surface area contributed by atoms with Crippen molar-refractivity contribution in [3.8, 4) is 5.75 Å². The summed E-state index contributed by atoms with van der Waals surface area (Å²) < 4.78 is 43.7. The quantitative estimate of drug-likeness (QED) is 0.333. The van der Waals surface area contributed by atoms with Crippen LogP contribution in [0.3, 0.4) is 0 Å². The molecule has 30 heavy (non-hydrogen) atoms. The molecule has 0 aliphatic carbocycles. The lowest BCUT2D eigenvalue weighted by molar-refractivity contribution is -0.140. The van der Waals surface area contributed by atoms with E-state index < -0.39 is 11.9 Å². The van der Waals surface area contributed by atoms with E-state index in [1.54, 1.807) is 0 Å². The van der Waals surface area contributed by atoms with E-state index in [1.165, 1.54) is 0 Å². The number of rotatable bonds is 10. The van der Waals surface area contributed by atoms with Crippen molar-refractivity contribution >= 4 is 17.3 Å². The number of halogens is 3. The highest BCUT2D eigenvalue weighted by molar-refractivity contribution is 7.09. The lowest BCUT2D eigenvalue weighted by Gasteiger charge is -2.11. The molecule has 1 aromatic carbocycles. The van der Waals surface area contributed by atoms with Gasteiger partial charge in [-0.15, -0.1) is 11.3 Å². The van der Waals surface area contributed by atoms with Crippen LogP contribution in [0.15, 0.2) is 34.6 Å². The molecule has 2 aromatic rings. The number of aliphatic imine (C=N–C) groups is 1. The second-order valence-electron chi connectivity index (χ2n) is 6.82. The lowest BCUT2D eigenvalue weighted by atomic mass is 10.2. The van der Waals surface area contributed by atoms with Gasteiger partial charge in [-0.3, -0.25) is 0 Å². The molecule has 0 spiro atoms. The van der Waals surface area contributed by atoms with Gasteiger partial charge in [-0.25, -0.2) is 9.98 Å². The van der Waals surface area contributed by atoms with Crippen molar-refractivity contribution < 1.29 is 17.9 Å². The number of nitrogens with zero attached hydrogens (tertiary/aromatic N) is 3. The predicted molar refractivity (Wildman–Crippen MR) is 114 cm³/mol. The number of ether oxygens (including phenoxy) is 1. The smallest absolute Gasteiger partial charge is 0.434 e. The van der Waals surface area contributed by atoms with E-state index in [-0.39, 0.29) is 6.54 Å². The zero-order valence-electron chi connectivity index (χ0n) is 17.4. The number of benzene rings is 1. The van der Waals surface area contributed by atoms with Crippen LogP contribution in [0.25, 0.3) is 0 Å². The molecule has 0 amide bonds. The maximum Gasteiger partial charge on any atom is 0.434 e. The topological polar surface area (TPSA) is 61.8 Å². The normalized spacial score (nSPS) is 12.3. The van der Waals surface area contributed by atoms with Crippen LogP contribution in [0.5, 0.6) is 5.75 Å². The number of alkyl halides is 3. The van der Waals surface area contributed by atoms with Crippen molar-refractivity contribution in [1.82, 2.24) is 20.5 Å². The number of aromatic nitrogens is 1. The summed E-state index contributed by atoms with van der Waals surface area (Å²) >= 11 is 0.969. The van der Waals surface area contributed by atoms with Crippen LogP contribution in [0.2, 0.25) is 0 Å². The number of thiazole rings is 1. The van der Waals surface area contributed by atoms with E-state index in [9.17, 15) is 13.2 Å². The molecule has 0 bridgehead atoms. The van der Waals surface area contributed by atoms with Crippen molar-refractivity contribution in [1.29, 1.82) is 0 Å². The first-order chi connectivity index (χ1) is 14.3. The van der Waals surface area contributed by atoms with E-state index in [1.807, 2.05) is 45.3 Å². The Morgan fingerprint density at radius 1 is 1.20 bits per heavy atom. The maximum atomic E-state index is 12.7. The Hall–Kier alpha value is -2.33. The van der Waals surface area contributed by atoms with Gasteiger partial charge in [-0.05, 0) is 45.1 Å². The highest BCUT2D eigenvalue weighted by atomic mass is 32.1. The average molecular weight is 444 g/mol. The molecule has 0 atom stereocenters. The van der Waals surface area contributed by atoms with E-state index in [0.717, 1.165) is 41.0 Å². The summed E-state index contributed by atoms with van der Waals surface area (Å²) in [5, 5.41) is 7.47. The molecule has 1 aromatic heterocycles. The molecule has 0 aliphatic heterocycles. The summed E-state index contributed by atoms with van der Waals surface area (Å²) in [4.78, 5) is 10.2. The number of guanidine groups is 1. The number of nitrogens with one attached hydrogen (secondary N) is 2. The van der Waals surface area contributed by atoms with Crippen LogP contribution in [0.4, 0.5) is 13.2 Å². The summed E-state index contributed by atoms with van der Waals surface area (Å²) in [6, 6.07) is 7.72. The SMILES string of the molecule is CCNC(=NCc1ccc(OCCCN(C)C)cc1)NCc1nc(C(F)(F)F)cs1. The molecule has 10 heteroatoms. The second kappa shape index (κ2) is 11.8. The van der Waals surface area contributed by atoms with Crippen LogP contribution < -0.4 is 15.4 Å². The molecule has 0 saturated heterocycles. The van der Waals surface area contributed by atoms with Gasteiger partial charge in [0.15, 0.2) is 11.7 Å². The highest BCUT2D eigenvalue weighted by Gasteiger charge is 2.33. The van der Waals surface area contributed by atoms with Crippen molar-refractivity contribution in [3.63, 3.8) is 0 Å². The van der Waals surface area contributed by atoms with Gasteiger partial charge < -0.3 is 20.3 Å². The molecule has 166 valence electrons. The zero-order chi connectivity index (χ0) is 22.0. The zero-order valence-corrected chi connectivity index (χ0v) is 18.2. The van der Waals surface area contributed by atoms with Gasteiger partial charge in [0.25, 0.3) is 0 Å². The first-order valence-corrected chi connectivity index (χ1v) is 10.6. The van der Waals surface area contributed by atoms with Gasteiger partial charge in [0.1, 0.15) is 10.8 Å². The number of hydrogen-bond acceptors (Lipinski definition) is 5. The third-order valence-corrected chi connectivity index (χ3v) is 4.80. The molecule has 0 aliphatic rings. The van der Waals surface area contributed by atoms with Gasteiger partial charge in [0.2, 0.25) is 0 Å². The Morgan fingerprint density at radius 2 is 1.93 bits per heavy atom. The van der Waals surface area contributed by atoms with Crippen LogP contribution in [-0.2, 0) is 19.3 Å². The fraction of sp³-hybridized carbons (Fsp3) is 0.500. The average Bonchev–Trinajstić information content (AvgIpc) is 3.18. The molecule has 1 heterocycles. The summed E-state index contributed by atoms with van der Waals surface area (Å²) in [5.74, 6) is 1.33. The highest BCUT2D eigenvalue weighted by Crippen LogP contribution is 2.29. The van der Waals surface area contributed by atoms with Crippen molar-refractivity contribution in [2.75, 3.05) is 33.8 Å². The summed E-state index contributed by atoms with van der Waals surface area (Å²) in [6.45, 7) is 4.80. The Labute approximate surface area is 179 Å². The Balaban J connectivity index is 1.85. The molecule has 2 rings (SSSR count). The summed E-state index contributed by atoms with van der Waals surface area (Å²) in [7, 11) is 4.06. The third-order valence-electron chi connectivity index (χ3n) is 3.95. The monoisotopic (exact) mass is 443 g/mol. The fourth-order valence-electron chi connectivity index (χ4n) is 2.46. The summed E-state index contributed by atoms with van der Waals surface area (Å²) in [6.07, 6.45) is -3.46. The first kappa shape index (κ1) is 23.9. The standard InChI is InChI=1S/C20H28F3N5OS/c1-4-24-19(26-13-18-27-17(14-30-18)20(21,22)23)25-12-15-6-8-16(9-7-15)29-11-5-10-28(2)3/h6-9,14H,4-5,10-13H2,1-3H3,(H2,24,25,26). The van der Waals surface area contributed by atoms with Gasteiger partial charge >= 0.3 is 6.18 Å². The van der Waals surface area contributed by atoms with Gasteiger partial charge in [0.05, 0.1) is 19.7 Å².